The molecule has 0 aliphatic carbocycles. The molecule has 0 atom stereocenters. The molecular weight excluding hydrogens is 362 g/mol. The third kappa shape index (κ3) is 4.95. The second-order valence-corrected chi connectivity index (χ2v) is 6.71. The lowest BCUT2D eigenvalue weighted by Gasteiger charge is -2.10. The number of benzene rings is 1. The fraction of sp³-hybridized carbons (Fsp3) is 0.150. The summed E-state index contributed by atoms with van der Waals surface area (Å²) in [7, 11) is 0. The number of carbonyl (C=O) groups is 1. The molecule has 2 heterocycles. The number of halogens is 1. The van der Waals surface area contributed by atoms with E-state index in [-0.39, 0.29) is 18.1 Å². The van der Waals surface area contributed by atoms with Gasteiger partial charge in [-0.1, -0.05) is 23.7 Å². The van der Waals surface area contributed by atoms with Crippen LogP contribution in [0, 0.1) is 6.92 Å². The molecule has 138 valence electrons. The van der Waals surface area contributed by atoms with Crippen molar-refractivity contribution in [3.05, 3.63) is 64.9 Å². The third-order valence-electron chi connectivity index (χ3n) is 4.02. The van der Waals surface area contributed by atoms with Gasteiger partial charge in [0.25, 0.3) is 0 Å². The minimum atomic E-state index is -0.168. The number of pyridine rings is 2. The highest BCUT2D eigenvalue weighted by Crippen LogP contribution is 2.26. The molecule has 0 radical (unpaired) electrons. The standard InChI is InChI=1S/C20H20ClN5O/c1-12-8-16(25-18(22)9-12)6-7-19(27)26-17-10-14(11-24-20(17)23)13-2-4-15(21)5-3-13/h2-5,8-11H,6-7H2,1H3,(H2,22,25)(H2,23,24)(H,26,27). The summed E-state index contributed by atoms with van der Waals surface area (Å²) in [6.45, 7) is 1.94. The number of rotatable bonds is 5. The Morgan fingerprint density at radius 2 is 1.85 bits per heavy atom. The molecule has 0 aliphatic rings. The van der Waals surface area contributed by atoms with E-state index in [9.17, 15) is 4.79 Å². The van der Waals surface area contributed by atoms with Crippen LogP contribution < -0.4 is 16.8 Å². The van der Waals surface area contributed by atoms with Gasteiger partial charge in [0.1, 0.15) is 11.6 Å². The van der Waals surface area contributed by atoms with Crippen LogP contribution in [0.4, 0.5) is 17.3 Å². The number of nitrogens with one attached hydrogen (secondary N) is 1. The number of amides is 1. The number of hydrogen-bond donors (Lipinski definition) is 3. The van der Waals surface area contributed by atoms with Crippen LogP contribution in [-0.4, -0.2) is 15.9 Å². The van der Waals surface area contributed by atoms with E-state index in [2.05, 4.69) is 15.3 Å². The molecule has 2 aromatic heterocycles. The van der Waals surface area contributed by atoms with Crippen LogP contribution in [0.1, 0.15) is 17.7 Å². The molecule has 1 amide bonds. The molecule has 7 heteroatoms. The Labute approximate surface area is 162 Å². The lowest BCUT2D eigenvalue weighted by Crippen LogP contribution is -2.14. The number of aryl methyl sites for hydroxylation is 2. The monoisotopic (exact) mass is 381 g/mol. The molecule has 0 saturated carbocycles. The average molecular weight is 382 g/mol. The number of nitrogen functional groups attached to an aromatic ring is 2. The van der Waals surface area contributed by atoms with Gasteiger partial charge in [0.05, 0.1) is 5.69 Å². The Kier molecular flexibility index (Phi) is 5.57. The Morgan fingerprint density at radius 1 is 1.11 bits per heavy atom. The molecular formula is C20H20ClN5O. The highest BCUT2D eigenvalue weighted by molar-refractivity contribution is 6.30. The molecule has 3 rings (SSSR count). The first-order valence-corrected chi connectivity index (χ1v) is 8.83. The zero-order valence-corrected chi connectivity index (χ0v) is 15.6. The van der Waals surface area contributed by atoms with Gasteiger partial charge in [0.15, 0.2) is 0 Å². The minimum Gasteiger partial charge on any atom is -0.384 e. The van der Waals surface area contributed by atoms with Crippen LogP contribution in [0.3, 0.4) is 0 Å². The van der Waals surface area contributed by atoms with Gasteiger partial charge in [-0.3, -0.25) is 4.79 Å². The molecule has 1 aromatic carbocycles. The van der Waals surface area contributed by atoms with Crippen LogP contribution in [0.2, 0.25) is 5.02 Å². The molecule has 0 saturated heterocycles. The second-order valence-electron chi connectivity index (χ2n) is 6.27. The number of anilines is 3. The molecule has 0 aliphatic heterocycles. The maximum atomic E-state index is 12.3. The van der Waals surface area contributed by atoms with Crippen molar-refractivity contribution in [1.29, 1.82) is 0 Å². The van der Waals surface area contributed by atoms with Crippen molar-refractivity contribution in [2.45, 2.75) is 19.8 Å². The van der Waals surface area contributed by atoms with E-state index >= 15 is 0 Å². The molecule has 3 aromatic rings. The highest BCUT2D eigenvalue weighted by atomic mass is 35.5. The Morgan fingerprint density at radius 3 is 2.56 bits per heavy atom. The van der Waals surface area contributed by atoms with Gasteiger partial charge in [0.2, 0.25) is 5.91 Å². The average Bonchev–Trinajstić information content (AvgIpc) is 2.62. The summed E-state index contributed by atoms with van der Waals surface area (Å²) in [6.07, 6.45) is 2.41. The van der Waals surface area contributed by atoms with E-state index in [1.54, 1.807) is 30.5 Å². The van der Waals surface area contributed by atoms with E-state index in [1.165, 1.54) is 0 Å². The summed E-state index contributed by atoms with van der Waals surface area (Å²) < 4.78 is 0. The number of aromatic nitrogens is 2. The predicted octanol–water partition coefficient (Wildman–Crippen LogP) is 3.84. The van der Waals surface area contributed by atoms with Crippen LogP contribution in [0.25, 0.3) is 11.1 Å². The first kappa shape index (κ1) is 18.7. The van der Waals surface area contributed by atoms with Gasteiger partial charge in [-0.25, -0.2) is 9.97 Å². The maximum Gasteiger partial charge on any atom is 0.224 e. The first-order chi connectivity index (χ1) is 12.9. The fourth-order valence-corrected chi connectivity index (χ4v) is 2.85. The summed E-state index contributed by atoms with van der Waals surface area (Å²) in [6, 6.07) is 12.9. The highest BCUT2D eigenvalue weighted by Gasteiger charge is 2.10. The van der Waals surface area contributed by atoms with Crippen molar-refractivity contribution in [2.24, 2.45) is 0 Å². The Bertz CT molecular complexity index is 952. The van der Waals surface area contributed by atoms with Crippen molar-refractivity contribution in [3.8, 4) is 11.1 Å². The normalized spacial score (nSPS) is 10.6. The van der Waals surface area contributed by atoms with E-state index in [4.69, 9.17) is 23.1 Å². The molecule has 0 spiro atoms. The molecule has 0 unspecified atom stereocenters. The Balaban J connectivity index is 1.69. The van der Waals surface area contributed by atoms with Crippen molar-refractivity contribution >= 4 is 34.8 Å². The smallest absolute Gasteiger partial charge is 0.224 e. The summed E-state index contributed by atoms with van der Waals surface area (Å²) in [5.74, 6) is 0.548. The van der Waals surface area contributed by atoms with Crippen LogP contribution >= 0.6 is 11.6 Å². The van der Waals surface area contributed by atoms with Crippen molar-refractivity contribution in [1.82, 2.24) is 9.97 Å². The first-order valence-electron chi connectivity index (χ1n) is 8.45. The van der Waals surface area contributed by atoms with E-state index in [0.29, 0.717) is 22.9 Å². The van der Waals surface area contributed by atoms with Crippen LogP contribution in [0.15, 0.2) is 48.7 Å². The van der Waals surface area contributed by atoms with Gasteiger partial charge in [-0.2, -0.15) is 0 Å². The summed E-state index contributed by atoms with van der Waals surface area (Å²) >= 11 is 5.92. The van der Waals surface area contributed by atoms with Gasteiger partial charge in [-0.15, -0.1) is 0 Å². The molecule has 0 bridgehead atoms. The van der Waals surface area contributed by atoms with Gasteiger partial charge in [0, 0.05) is 28.9 Å². The van der Waals surface area contributed by atoms with Crippen LogP contribution in [-0.2, 0) is 11.2 Å². The van der Waals surface area contributed by atoms with Crippen molar-refractivity contribution in [2.75, 3.05) is 16.8 Å². The number of nitrogens with zero attached hydrogens (tertiary/aromatic N) is 2. The molecule has 5 N–H and O–H groups in total. The summed E-state index contributed by atoms with van der Waals surface area (Å²) in [5, 5.41) is 3.47. The van der Waals surface area contributed by atoms with Gasteiger partial charge in [-0.05, 0) is 54.8 Å². The fourth-order valence-electron chi connectivity index (χ4n) is 2.73. The Hall–Kier alpha value is -3.12. The predicted molar refractivity (Wildman–Crippen MR) is 109 cm³/mol. The number of hydrogen-bond acceptors (Lipinski definition) is 5. The van der Waals surface area contributed by atoms with Crippen LogP contribution in [0.5, 0.6) is 0 Å². The zero-order valence-electron chi connectivity index (χ0n) is 14.9. The van der Waals surface area contributed by atoms with E-state index in [0.717, 1.165) is 22.4 Å². The van der Waals surface area contributed by atoms with Crippen molar-refractivity contribution < 1.29 is 4.79 Å². The summed E-state index contributed by atoms with van der Waals surface area (Å²) in [4.78, 5) is 20.7. The minimum absolute atomic E-state index is 0.168. The number of nitrogens with two attached hydrogens (primary N) is 2. The van der Waals surface area contributed by atoms with Crippen molar-refractivity contribution in [3.63, 3.8) is 0 Å². The maximum absolute atomic E-state index is 12.3. The second kappa shape index (κ2) is 8.05. The van der Waals surface area contributed by atoms with E-state index < -0.39 is 0 Å². The SMILES string of the molecule is Cc1cc(N)nc(CCC(=O)Nc2cc(-c3ccc(Cl)cc3)cnc2N)c1. The van der Waals surface area contributed by atoms with Gasteiger partial charge < -0.3 is 16.8 Å². The van der Waals surface area contributed by atoms with Gasteiger partial charge >= 0.3 is 0 Å². The lowest BCUT2D eigenvalue weighted by molar-refractivity contribution is -0.116. The summed E-state index contributed by atoms with van der Waals surface area (Å²) in [5.41, 5.74) is 15.7. The van der Waals surface area contributed by atoms with E-state index in [1.807, 2.05) is 25.1 Å². The zero-order chi connectivity index (χ0) is 19.4. The topological polar surface area (TPSA) is 107 Å². The molecule has 0 fully saturated rings. The molecule has 6 nitrogen and oxygen atoms in total. The number of carbonyl (C=O) groups excluding carboxylic acids is 1. The lowest BCUT2D eigenvalue weighted by atomic mass is 10.1. The third-order valence-corrected chi connectivity index (χ3v) is 4.27. The largest absolute Gasteiger partial charge is 0.384 e. The quantitative estimate of drug-likeness (QED) is 0.622. The molecule has 27 heavy (non-hydrogen) atoms.